The molecule has 1 aliphatic carbocycles. The number of ether oxygens (including phenoxy) is 1. The summed E-state index contributed by atoms with van der Waals surface area (Å²) in [4.78, 5) is 1.40. The van der Waals surface area contributed by atoms with Crippen molar-refractivity contribution in [2.75, 3.05) is 13.2 Å². The van der Waals surface area contributed by atoms with Crippen LogP contribution in [0.25, 0.3) is 0 Å². The summed E-state index contributed by atoms with van der Waals surface area (Å²) in [5, 5.41) is 6.02. The first-order valence-electron chi connectivity index (χ1n) is 7.12. The Bertz CT molecular complexity index is 412. The molecule has 0 amide bonds. The van der Waals surface area contributed by atoms with E-state index in [0.717, 1.165) is 19.1 Å². The Hall–Kier alpha value is -0.380. The second-order valence-corrected chi connectivity index (χ2v) is 7.11. The van der Waals surface area contributed by atoms with Crippen LogP contribution in [0, 0.1) is 12.8 Å². The van der Waals surface area contributed by atoms with Crippen LogP contribution in [0.1, 0.15) is 49.1 Å². The predicted molar refractivity (Wildman–Crippen MR) is 76.1 cm³/mol. The molecular formula is C15H23NOS. The van der Waals surface area contributed by atoms with Crippen molar-refractivity contribution in [1.82, 2.24) is 5.32 Å². The molecule has 18 heavy (non-hydrogen) atoms. The van der Waals surface area contributed by atoms with E-state index in [2.05, 4.69) is 30.6 Å². The van der Waals surface area contributed by atoms with Gasteiger partial charge < -0.3 is 10.1 Å². The van der Waals surface area contributed by atoms with Gasteiger partial charge in [0.1, 0.15) is 0 Å². The number of nitrogens with one attached hydrogen (secondary N) is 1. The molecule has 1 aromatic rings. The summed E-state index contributed by atoms with van der Waals surface area (Å²) < 4.78 is 6.30. The zero-order valence-electron chi connectivity index (χ0n) is 11.4. The van der Waals surface area contributed by atoms with Gasteiger partial charge in [-0.2, -0.15) is 0 Å². The van der Waals surface area contributed by atoms with Crippen molar-refractivity contribution < 1.29 is 4.74 Å². The number of hydrogen-bond donors (Lipinski definition) is 1. The molecule has 0 radical (unpaired) electrons. The summed E-state index contributed by atoms with van der Waals surface area (Å²) in [5.41, 5.74) is 1.50. The van der Waals surface area contributed by atoms with E-state index < -0.39 is 0 Å². The number of morpholine rings is 1. The smallest absolute Gasteiger partial charge is 0.0879 e. The molecule has 1 aromatic heterocycles. The van der Waals surface area contributed by atoms with E-state index in [0.29, 0.717) is 6.04 Å². The summed E-state index contributed by atoms with van der Waals surface area (Å²) in [6.45, 7) is 6.41. The minimum absolute atomic E-state index is 0.0590. The van der Waals surface area contributed by atoms with Gasteiger partial charge in [-0.25, -0.2) is 0 Å². The van der Waals surface area contributed by atoms with Crippen LogP contribution < -0.4 is 5.32 Å². The van der Waals surface area contributed by atoms with Crippen LogP contribution >= 0.6 is 11.3 Å². The highest BCUT2D eigenvalue weighted by Crippen LogP contribution is 2.45. The first-order chi connectivity index (χ1) is 8.70. The lowest BCUT2D eigenvalue weighted by Gasteiger charge is -2.48. The maximum Gasteiger partial charge on any atom is 0.0879 e. The summed E-state index contributed by atoms with van der Waals surface area (Å²) in [7, 11) is 0. The highest BCUT2D eigenvalue weighted by Gasteiger charge is 2.45. The predicted octanol–water partition coefficient (Wildman–Crippen LogP) is 3.67. The largest absolute Gasteiger partial charge is 0.372 e. The maximum absolute atomic E-state index is 6.30. The van der Waals surface area contributed by atoms with Gasteiger partial charge in [-0.1, -0.05) is 19.8 Å². The maximum atomic E-state index is 6.30. The van der Waals surface area contributed by atoms with E-state index in [1.54, 1.807) is 0 Å². The van der Waals surface area contributed by atoms with Crippen LogP contribution in [0.5, 0.6) is 0 Å². The lowest BCUT2D eigenvalue weighted by atomic mass is 9.72. The van der Waals surface area contributed by atoms with Gasteiger partial charge in [-0.3, -0.25) is 0 Å². The minimum atomic E-state index is 0.0590. The van der Waals surface area contributed by atoms with E-state index in [1.165, 1.54) is 36.1 Å². The van der Waals surface area contributed by atoms with Crippen LogP contribution in [-0.2, 0) is 4.74 Å². The summed E-state index contributed by atoms with van der Waals surface area (Å²) >= 11 is 1.85. The Morgan fingerprint density at radius 3 is 3.11 bits per heavy atom. The summed E-state index contributed by atoms with van der Waals surface area (Å²) in [6, 6.07) is 2.73. The van der Waals surface area contributed by atoms with Crippen molar-refractivity contribution in [3.8, 4) is 0 Å². The first kappa shape index (κ1) is 12.6. The van der Waals surface area contributed by atoms with Gasteiger partial charge >= 0.3 is 0 Å². The molecule has 3 atom stereocenters. The summed E-state index contributed by atoms with van der Waals surface area (Å²) in [5.74, 6) is 0.792. The average molecular weight is 265 g/mol. The highest BCUT2D eigenvalue weighted by molar-refractivity contribution is 7.10. The molecule has 3 rings (SSSR count). The first-order valence-corrected chi connectivity index (χ1v) is 8.00. The van der Waals surface area contributed by atoms with Crippen LogP contribution in [0.15, 0.2) is 11.4 Å². The lowest BCUT2D eigenvalue weighted by molar-refractivity contribution is -0.128. The monoisotopic (exact) mass is 265 g/mol. The quantitative estimate of drug-likeness (QED) is 0.836. The molecule has 0 bridgehead atoms. The summed E-state index contributed by atoms with van der Waals surface area (Å²) in [6.07, 6.45) is 5.09. The van der Waals surface area contributed by atoms with E-state index >= 15 is 0 Å². The minimum Gasteiger partial charge on any atom is -0.372 e. The molecule has 1 saturated heterocycles. The van der Waals surface area contributed by atoms with E-state index in [4.69, 9.17) is 4.74 Å². The number of hydrogen-bond acceptors (Lipinski definition) is 3. The van der Waals surface area contributed by atoms with Crippen LogP contribution in [0.3, 0.4) is 0 Å². The molecule has 1 N–H and O–H groups in total. The van der Waals surface area contributed by atoms with Crippen molar-refractivity contribution >= 4 is 11.3 Å². The fraction of sp³-hybridized carbons (Fsp3) is 0.733. The van der Waals surface area contributed by atoms with Crippen LogP contribution in [0.2, 0.25) is 0 Å². The standard InChI is InChI=1S/C15H23NOS/c1-11-4-3-5-15(9-11)14(16-6-7-17-15)13-8-12(2)18-10-13/h8,10-11,14,16H,3-7,9H2,1-2H3. The Morgan fingerprint density at radius 2 is 2.39 bits per heavy atom. The zero-order valence-corrected chi connectivity index (χ0v) is 12.2. The van der Waals surface area contributed by atoms with Crippen molar-refractivity contribution in [2.45, 2.75) is 51.2 Å². The number of aryl methyl sites for hydroxylation is 1. The number of rotatable bonds is 1. The molecule has 1 aliphatic heterocycles. The molecule has 2 aliphatic rings. The van der Waals surface area contributed by atoms with Crippen LogP contribution in [-0.4, -0.2) is 18.8 Å². The third kappa shape index (κ3) is 2.24. The molecule has 2 heterocycles. The third-order valence-electron chi connectivity index (χ3n) is 4.44. The van der Waals surface area contributed by atoms with Crippen molar-refractivity contribution in [2.24, 2.45) is 5.92 Å². The number of thiophene rings is 1. The van der Waals surface area contributed by atoms with Crippen LogP contribution in [0.4, 0.5) is 0 Å². The SMILES string of the molecule is Cc1cc(C2NCCOC23CCCC(C)C3)cs1. The van der Waals surface area contributed by atoms with Crippen molar-refractivity contribution in [3.05, 3.63) is 21.9 Å². The topological polar surface area (TPSA) is 21.3 Å². The molecule has 100 valence electrons. The zero-order chi connectivity index (χ0) is 12.6. The van der Waals surface area contributed by atoms with Gasteiger partial charge in [-0.05, 0) is 42.7 Å². The van der Waals surface area contributed by atoms with Gasteiger partial charge in [0.15, 0.2) is 0 Å². The van der Waals surface area contributed by atoms with Gasteiger partial charge in [0, 0.05) is 11.4 Å². The molecule has 2 nitrogen and oxygen atoms in total. The van der Waals surface area contributed by atoms with E-state index in [1.807, 2.05) is 11.3 Å². The fourth-order valence-electron chi connectivity index (χ4n) is 3.70. The Labute approximate surface area is 114 Å². The Balaban J connectivity index is 1.89. The third-order valence-corrected chi connectivity index (χ3v) is 5.32. The molecule has 3 unspecified atom stereocenters. The normalized spacial score (nSPS) is 37.0. The molecule has 3 heteroatoms. The molecule has 2 fully saturated rings. The Kier molecular flexibility index (Phi) is 3.48. The fourth-order valence-corrected chi connectivity index (χ4v) is 4.43. The second kappa shape index (κ2) is 4.95. The molecule has 1 saturated carbocycles. The lowest BCUT2D eigenvalue weighted by Crippen LogP contribution is -2.54. The van der Waals surface area contributed by atoms with E-state index in [9.17, 15) is 0 Å². The van der Waals surface area contributed by atoms with Crippen molar-refractivity contribution in [3.63, 3.8) is 0 Å². The molecule has 1 spiro atoms. The van der Waals surface area contributed by atoms with E-state index in [-0.39, 0.29) is 5.60 Å². The van der Waals surface area contributed by atoms with Crippen molar-refractivity contribution in [1.29, 1.82) is 0 Å². The second-order valence-electron chi connectivity index (χ2n) is 5.99. The average Bonchev–Trinajstić information content (AvgIpc) is 2.76. The Morgan fingerprint density at radius 1 is 1.50 bits per heavy atom. The van der Waals surface area contributed by atoms with Gasteiger partial charge in [0.2, 0.25) is 0 Å². The van der Waals surface area contributed by atoms with Gasteiger partial charge in [0.05, 0.1) is 18.2 Å². The van der Waals surface area contributed by atoms with Gasteiger partial charge in [-0.15, -0.1) is 11.3 Å². The molecule has 0 aromatic carbocycles. The highest BCUT2D eigenvalue weighted by atomic mass is 32.1. The molecular weight excluding hydrogens is 242 g/mol. The van der Waals surface area contributed by atoms with Gasteiger partial charge in [0.25, 0.3) is 0 Å².